The van der Waals surface area contributed by atoms with Crippen molar-refractivity contribution in [2.24, 2.45) is 5.92 Å². The van der Waals surface area contributed by atoms with E-state index in [4.69, 9.17) is 4.74 Å². The average molecular weight is 296 g/mol. The van der Waals surface area contributed by atoms with Gasteiger partial charge in [-0.05, 0) is 37.0 Å². The smallest absolute Gasteiger partial charge is 0.128 e. The Labute approximate surface area is 124 Å². The molecule has 2 aliphatic heterocycles. The van der Waals surface area contributed by atoms with Crippen LogP contribution in [0.4, 0.5) is 8.78 Å². The first-order valence-electron chi connectivity index (χ1n) is 7.73. The van der Waals surface area contributed by atoms with Crippen LogP contribution in [0.5, 0.6) is 0 Å². The van der Waals surface area contributed by atoms with Gasteiger partial charge in [-0.15, -0.1) is 0 Å². The molecule has 1 aromatic carbocycles. The van der Waals surface area contributed by atoms with E-state index in [1.165, 1.54) is 18.2 Å². The number of halogens is 2. The van der Waals surface area contributed by atoms with Gasteiger partial charge in [-0.3, -0.25) is 4.90 Å². The van der Waals surface area contributed by atoms with Crippen molar-refractivity contribution < 1.29 is 13.5 Å². The summed E-state index contributed by atoms with van der Waals surface area (Å²) in [6.07, 6.45) is 1.81. The second kappa shape index (κ2) is 6.81. The molecule has 2 fully saturated rings. The predicted molar refractivity (Wildman–Crippen MR) is 77.1 cm³/mol. The summed E-state index contributed by atoms with van der Waals surface area (Å²) in [7, 11) is 0. The fourth-order valence-corrected chi connectivity index (χ4v) is 3.48. The SMILES string of the molecule is Fc1ccc(F)c([C@H](C2CCOCC2)N2CCNCC2)c1. The molecule has 3 rings (SSSR count). The van der Waals surface area contributed by atoms with Gasteiger partial charge in [0.25, 0.3) is 0 Å². The summed E-state index contributed by atoms with van der Waals surface area (Å²) in [4.78, 5) is 2.30. The Hall–Kier alpha value is -1.04. The number of hydrogen-bond acceptors (Lipinski definition) is 3. The Morgan fingerprint density at radius 2 is 1.86 bits per heavy atom. The fraction of sp³-hybridized carbons (Fsp3) is 0.625. The molecule has 2 aliphatic rings. The number of nitrogens with zero attached hydrogens (tertiary/aromatic N) is 1. The highest BCUT2D eigenvalue weighted by molar-refractivity contribution is 5.23. The maximum Gasteiger partial charge on any atom is 0.128 e. The molecule has 0 amide bonds. The third kappa shape index (κ3) is 3.42. The van der Waals surface area contributed by atoms with E-state index in [9.17, 15) is 8.78 Å². The monoisotopic (exact) mass is 296 g/mol. The molecule has 0 bridgehead atoms. The molecule has 0 saturated carbocycles. The fourth-order valence-electron chi connectivity index (χ4n) is 3.48. The lowest BCUT2D eigenvalue weighted by atomic mass is 9.85. The summed E-state index contributed by atoms with van der Waals surface area (Å²) in [6.45, 7) is 4.97. The number of rotatable bonds is 3. The van der Waals surface area contributed by atoms with Crippen LogP contribution in [0.3, 0.4) is 0 Å². The van der Waals surface area contributed by atoms with E-state index in [-0.39, 0.29) is 17.7 Å². The first-order valence-corrected chi connectivity index (χ1v) is 7.73. The zero-order chi connectivity index (χ0) is 14.7. The largest absolute Gasteiger partial charge is 0.381 e. The molecule has 1 N–H and O–H groups in total. The van der Waals surface area contributed by atoms with Crippen LogP contribution in [-0.2, 0) is 4.74 Å². The van der Waals surface area contributed by atoms with Crippen LogP contribution >= 0.6 is 0 Å². The molecular formula is C16H22F2N2O. The highest BCUT2D eigenvalue weighted by Gasteiger charge is 2.33. The van der Waals surface area contributed by atoms with E-state index in [2.05, 4.69) is 10.2 Å². The molecule has 21 heavy (non-hydrogen) atoms. The van der Waals surface area contributed by atoms with Crippen LogP contribution in [0.1, 0.15) is 24.4 Å². The molecule has 0 spiro atoms. The van der Waals surface area contributed by atoms with Crippen molar-refractivity contribution in [2.75, 3.05) is 39.4 Å². The van der Waals surface area contributed by atoms with Gasteiger partial charge in [-0.2, -0.15) is 0 Å². The van der Waals surface area contributed by atoms with Gasteiger partial charge in [0, 0.05) is 51.0 Å². The Bertz CT molecular complexity index is 453. The van der Waals surface area contributed by atoms with Gasteiger partial charge in [-0.25, -0.2) is 8.78 Å². The minimum atomic E-state index is -0.362. The standard InChI is InChI=1S/C16H22F2N2O/c17-13-1-2-15(18)14(11-13)16(12-3-9-21-10-4-12)20-7-5-19-6-8-20/h1-2,11-12,16,19H,3-10H2/t16-/m0/s1. The molecule has 1 aromatic rings. The number of benzene rings is 1. The molecule has 0 radical (unpaired) electrons. The Morgan fingerprint density at radius 3 is 2.57 bits per heavy atom. The van der Waals surface area contributed by atoms with Crippen molar-refractivity contribution in [1.29, 1.82) is 0 Å². The second-order valence-electron chi connectivity index (χ2n) is 5.85. The third-order valence-corrected chi connectivity index (χ3v) is 4.53. The molecule has 0 aliphatic carbocycles. The van der Waals surface area contributed by atoms with Crippen molar-refractivity contribution in [1.82, 2.24) is 10.2 Å². The Morgan fingerprint density at radius 1 is 1.14 bits per heavy atom. The van der Waals surface area contributed by atoms with Crippen LogP contribution in [0.15, 0.2) is 18.2 Å². The van der Waals surface area contributed by atoms with Gasteiger partial charge in [0.1, 0.15) is 11.6 Å². The van der Waals surface area contributed by atoms with Crippen molar-refractivity contribution in [3.05, 3.63) is 35.4 Å². The van der Waals surface area contributed by atoms with Gasteiger partial charge in [-0.1, -0.05) is 0 Å². The second-order valence-corrected chi connectivity index (χ2v) is 5.85. The topological polar surface area (TPSA) is 24.5 Å². The summed E-state index contributed by atoms with van der Waals surface area (Å²) in [5.41, 5.74) is 0.504. The Kier molecular flexibility index (Phi) is 4.83. The van der Waals surface area contributed by atoms with Gasteiger partial charge in [0.2, 0.25) is 0 Å². The van der Waals surface area contributed by atoms with Gasteiger partial charge in [0.05, 0.1) is 0 Å². The molecule has 0 unspecified atom stereocenters. The molecule has 2 saturated heterocycles. The summed E-state index contributed by atoms with van der Waals surface area (Å²) in [5.74, 6) is -0.335. The summed E-state index contributed by atoms with van der Waals surface area (Å²) >= 11 is 0. The van der Waals surface area contributed by atoms with Gasteiger partial charge in [0.15, 0.2) is 0 Å². The maximum atomic E-state index is 14.3. The summed E-state index contributed by atoms with van der Waals surface area (Å²) in [6, 6.07) is 3.76. The lowest BCUT2D eigenvalue weighted by Gasteiger charge is -2.41. The number of piperazine rings is 1. The summed E-state index contributed by atoms with van der Waals surface area (Å²) < 4.78 is 33.3. The van der Waals surface area contributed by atoms with E-state index < -0.39 is 0 Å². The van der Waals surface area contributed by atoms with Crippen molar-refractivity contribution in [2.45, 2.75) is 18.9 Å². The summed E-state index contributed by atoms with van der Waals surface area (Å²) in [5, 5.41) is 3.32. The van der Waals surface area contributed by atoms with Crippen molar-refractivity contribution >= 4 is 0 Å². The molecule has 116 valence electrons. The van der Waals surface area contributed by atoms with Crippen molar-refractivity contribution in [3.63, 3.8) is 0 Å². The number of ether oxygens (including phenoxy) is 1. The van der Waals surface area contributed by atoms with Gasteiger partial charge < -0.3 is 10.1 Å². The zero-order valence-electron chi connectivity index (χ0n) is 12.2. The minimum Gasteiger partial charge on any atom is -0.381 e. The minimum absolute atomic E-state index is 0.0494. The van der Waals surface area contributed by atoms with E-state index in [1.807, 2.05) is 0 Å². The van der Waals surface area contributed by atoms with E-state index >= 15 is 0 Å². The quantitative estimate of drug-likeness (QED) is 0.926. The zero-order valence-corrected chi connectivity index (χ0v) is 12.2. The molecular weight excluding hydrogens is 274 g/mol. The van der Waals surface area contributed by atoms with Gasteiger partial charge >= 0.3 is 0 Å². The number of hydrogen-bond donors (Lipinski definition) is 1. The highest BCUT2D eigenvalue weighted by atomic mass is 19.1. The normalized spacial score (nSPS) is 23.1. The molecule has 5 heteroatoms. The Balaban J connectivity index is 1.91. The lowest BCUT2D eigenvalue weighted by Crippen LogP contribution is -2.47. The highest BCUT2D eigenvalue weighted by Crippen LogP contribution is 2.36. The molecule has 0 aromatic heterocycles. The first kappa shape index (κ1) is 14.9. The van der Waals surface area contributed by atoms with Crippen LogP contribution in [0.25, 0.3) is 0 Å². The first-order chi connectivity index (χ1) is 10.3. The molecule has 1 atom stereocenters. The predicted octanol–water partition coefficient (Wildman–Crippen LogP) is 2.34. The van der Waals surface area contributed by atoms with E-state index in [0.29, 0.717) is 24.7 Å². The molecule has 3 nitrogen and oxygen atoms in total. The van der Waals surface area contributed by atoms with E-state index in [1.54, 1.807) is 0 Å². The number of nitrogens with one attached hydrogen (secondary N) is 1. The van der Waals surface area contributed by atoms with Crippen molar-refractivity contribution in [3.8, 4) is 0 Å². The van der Waals surface area contributed by atoms with Crippen LogP contribution in [0.2, 0.25) is 0 Å². The van der Waals surface area contributed by atoms with Crippen LogP contribution in [0, 0.1) is 17.6 Å². The van der Waals surface area contributed by atoms with Crippen LogP contribution < -0.4 is 5.32 Å². The third-order valence-electron chi connectivity index (χ3n) is 4.53. The maximum absolute atomic E-state index is 14.3. The lowest BCUT2D eigenvalue weighted by molar-refractivity contribution is 0.0202. The molecule has 2 heterocycles. The van der Waals surface area contributed by atoms with Crippen LogP contribution in [-0.4, -0.2) is 44.3 Å². The van der Waals surface area contributed by atoms with E-state index in [0.717, 1.165) is 39.0 Å². The average Bonchev–Trinajstić information content (AvgIpc) is 2.53.